The number of hydrogen-bond acceptors (Lipinski definition) is 4. The third-order valence-electron chi connectivity index (χ3n) is 4.29. The topological polar surface area (TPSA) is 47.1 Å². The minimum absolute atomic E-state index is 0.126. The van der Waals surface area contributed by atoms with Gasteiger partial charge in [0.05, 0.1) is 0 Å². The Kier molecular flexibility index (Phi) is 1.54. The van der Waals surface area contributed by atoms with Crippen LogP contribution >= 0.6 is 0 Å². The van der Waals surface area contributed by atoms with E-state index in [2.05, 4.69) is 9.80 Å². The minimum Gasteiger partial charge on any atom is -0.314 e. The summed E-state index contributed by atoms with van der Waals surface area (Å²) in [7, 11) is 0. The van der Waals surface area contributed by atoms with Gasteiger partial charge in [0, 0.05) is 39.3 Å². The second-order valence-corrected chi connectivity index (χ2v) is 4.90. The quantitative estimate of drug-likeness (QED) is 0.443. The monoisotopic (exact) mass is 222 g/mol. The Morgan fingerprint density at radius 2 is 1.06 bits per heavy atom. The predicted octanol–water partition coefficient (Wildman–Crippen LogP) is -2.05. The third-order valence-corrected chi connectivity index (χ3v) is 4.29. The smallest absolute Gasteiger partial charge is 0.313 e. The highest BCUT2D eigenvalue weighted by molar-refractivity contribution is 6.35. The lowest BCUT2D eigenvalue weighted by atomic mass is 10.1. The molecule has 0 aromatic rings. The van der Waals surface area contributed by atoms with Crippen LogP contribution in [0.5, 0.6) is 0 Å². The molecule has 6 nitrogen and oxygen atoms in total. The van der Waals surface area contributed by atoms with Crippen molar-refractivity contribution in [2.24, 2.45) is 0 Å². The highest BCUT2D eigenvalue weighted by atomic mass is 16.2. The van der Waals surface area contributed by atoms with Gasteiger partial charge in [-0.2, -0.15) is 0 Å². The summed E-state index contributed by atoms with van der Waals surface area (Å²) in [5.74, 6) is -0.597. The molecule has 0 aromatic heterocycles. The summed E-state index contributed by atoms with van der Waals surface area (Å²) >= 11 is 0. The molecule has 4 fully saturated rings. The molecule has 6 heteroatoms. The van der Waals surface area contributed by atoms with Crippen LogP contribution in [-0.4, -0.2) is 83.0 Å². The second-order valence-electron chi connectivity index (χ2n) is 4.90. The molecular weight excluding hydrogens is 208 g/mol. The van der Waals surface area contributed by atoms with Gasteiger partial charge in [-0.3, -0.25) is 19.4 Å². The van der Waals surface area contributed by atoms with Gasteiger partial charge in [-0.1, -0.05) is 0 Å². The molecule has 4 rings (SSSR count). The lowest BCUT2D eigenvalue weighted by Crippen LogP contribution is -2.69. The molecule has 4 aliphatic rings. The van der Waals surface area contributed by atoms with Crippen molar-refractivity contribution in [2.75, 3.05) is 39.3 Å². The maximum Gasteiger partial charge on any atom is 0.313 e. The SMILES string of the molecule is O=C1C(=O)N2CCN3CCN4CCN1C4C32. The summed E-state index contributed by atoms with van der Waals surface area (Å²) in [4.78, 5) is 32.0. The Morgan fingerprint density at radius 3 is 1.50 bits per heavy atom. The van der Waals surface area contributed by atoms with Gasteiger partial charge in [-0.05, 0) is 0 Å². The van der Waals surface area contributed by atoms with Gasteiger partial charge in [0.15, 0.2) is 0 Å². The summed E-state index contributed by atoms with van der Waals surface area (Å²) in [6.45, 7) is 5.31. The molecule has 4 aliphatic heterocycles. The van der Waals surface area contributed by atoms with Crippen LogP contribution in [0.25, 0.3) is 0 Å². The number of amides is 2. The molecule has 4 heterocycles. The van der Waals surface area contributed by atoms with E-state index in [1.54, 1.807) is 9.80 Å². The zero-order chi connectivity index (χ0) is 10.9. The first-order valence-corrected chi connectivity index (χ1v) is 5.87. The molecule has 0 saturated carbocycles. The van der Waals surface area contributed by atoms with E-state index in [1.807, 2.05) is 0 Å². The summed E-state index contributed by atoms with van der Waals surface area (Å²) in [5, 5.41) is 0. The van der Waals surface area contributed by atoms with Crippen LogP contribution in [-0.2, 0) is 9.59 Å². The first-order valence-electron chi connectivity index (χ1n) is 5.87. The van der Waals surface area contributed by atoms with E-state index in [9.17, 15) is 9.59 Å². The van der Waals surface area contributed by atoms with E-state index in [0.717, 1.165) is 26.2 Å². The Labute approximate surface area is 93.4 Å². The van der Waals surface area contributed by atoms with Crippen LogP contribution in [0.1, 0.15) is 0 Å². The van der Waals surface area contributed by atoms with Gasteiger partial charge in [-0.25, -0.2) is 0 Å². The van der Waals surface area contributed by atoms with Crippen molar-refractivity contribution in [3.8, 4) is 0 Å². The summed E-state index contributed by atoms with van der Waals surface area (Å²) < 4.78 is 0. The van der Waals surface area contributed by atoms with E-state index < -0.39 is 0 Å². The lowest BCUT2D eigenvalue weighted by molar-refractivity contribution is -0.169. The van der Waals surface area contributed by atoms with Gasteiger partial charge in [0.25, 0.3) is 0 Å². The fourth-order valence-electron chi connectivity index (χ4n) is 3.53. The van der Waals surface area contributed by atoms with Crippen molar-refractivity contribution in [3.05, 3.63) is 0 Å². The molecule has 0 bridgehead atoms. The van der Waals surface area contributed by atoms with E-state index >= 15 is 0 Å². The predicted molar refractivity (Wildman–Crippen MR) is 54.1 cm³/mol. The zero-order valence-electron chi connectivity index (χ0n) is 9.00. The molecule has 4 saturated heterocycles. The van der Waals surface area contributed by atoms with Crippen LogP contribution in [0.3, 0.4) is 0 Å². The molecule has 0 aromatic carbocycles. The number of carbonyl (C=O) groups is 2. The molecule has 0 N–H and O–H groups in total. The summed E-state index contributed by atoms with van der Waals surface area (Å²) in [5.41, 5.74) is 0. The average molecular weight is 222 g/mol. The number of piperazine rings is 2. The Balaban J connectivity index is 1.81. The molecule has 2 unspecified atom stereocenters. The van der Waals surface area contributed by atoms with Gasteiger partial charge >= 0.3 is 11.8 Å². The molecule has 0 aliphatic carbocycles. The van der Waals surface area contributed by atoms with E-state index in [4.69, 9.17) is 0 Å². The maximum absolute atomic E-state index is 11.9. The van der Waals surface area contributed by atoms with Gasteiger partial charge < -0.3 is 9.80 Å². The standard InChI is InChI=1S/C10H14N4O2/c15-9-10(16)14-6-4-12-2-1-11-3-5-13(9)7(11)8(12)14/h7-8H,1-6H2. The second kappa shape index (κ2) is 2.75. The van der Waals surface area contributed by atoms with Crippen molar-refractivity contribution in [2.45, 2.75) is 12.3 Å². The molecule has 86 valence electrons. The molecule has 0 spiro atoms. The first kappa shape index (κ1) is 8.95. The fraction of sp³-hybridized carbons (Fsp3) is 0.800. The van der Waals surface area contributed by atoms with Crippen molar-refractivity contribution in [1.29, 1.82) is 0 Å². The third kappa shape index (κ3) is 0.860. The molecule has 0 radical (unpaired) electrons. The number of nitrogens with zero attached hydrogens (tertiary/aromatic N) is 4. The minimum atomic E-state index is -0.299. The molecule has 2 amide bonds. The van der Waals surface area contributed by atoms with Gasteiger partial charge in [-0.15, -0.1) is 0 Å². The first-order chi connectivity index (χ1) is 7.77. The van der Waals surface area contributed by atoms with Crippen molar-refractivity contribution >= 4 is 11.8 Å². The van der Waals surface area contributed by atoms with Crippen molar-refractivity contribution < 1.29 is 9.59 Å². The van der Waals surface area contributed by atoms with Crippen LogP contribution in [0, 0.1) is 0 Å². The summed E-state index contributed by atoms with van der Waals surface area (Å²) in [6.07, 6.45) is 0.253. The van der Waals surface area contributed by atoms with Crippen LogP contribution in [0.4, 0.5) is 0 Å². The Bertz CT molecular complexity index is 349. The van der Waals surface area contributed by atoms with E-state index in [0.29, 0.717) is 13.1 Å². The van der Waals surface area contributed by atoms with Crippen LogP contribution in [0.15, 0.2) is 0 Å². The van der Waals surface area contributed by atoms with Crippen molar-refractivity contribution in [3.63, 3.8) is 0 Å². The molecule has 2 atom stereocenters. The zero-order valence-corrected chi connectivity index (χ0v) is 9.00. The highest BCUT2D eigenvalue weighted by Gasteiger charge is 2.57. The Hall–Kier alpha value is -1.14. The van der Waals surface area contributed by atoms with Crippen LogP contribution in [0.2, 0.25) is 0 Å². The molecule has 16 heavy (non-hydrogen) atoms. The van der Waals surface area contributed by atoms with Crippen LogP contribution < -0.4 is 0 Å². The van der Waals surface area contributed by atoms with Crippen molar-refractivity contribution in [1.82, 2.24) is 19.6 Å². The largest absolute Gasteiger partial charge is 0.314 e. The van der Waals surface area contributed by atoms with E-state index in [-0.39, 0.29) is 24.1 Å². The number of rotatable bonds is 0. The Morgan fingerprint density at radius 1 is 0.688 bits per heavy atom. The van der Waals surface area contributed by atoms with Gasteiger partial charge in [0.2, 0.25) is 0 Å². The highest BCUT2D eigenvalue weighted by Crippen LogP contribution is 2.34. The van der Waals surface area contributed by atoms with E-state index in [1.165, 1.54) is 0 Å². The number of carbonyl (C=O) groups excluding carboxylic acids is 2. The fourth-order valence-corrected chi connectivity index (χ4v) is 3.53. The number of hydrogen-bond donors (Lipinski definition) is 0. The molecular formula is C10H14N4O2. The maximum atomic E-state index is 11.9. The normalized spacial score (nSPS) is 38.5. The summed E-state index contributed by atoms with van der Waals surface area (Å²) in [6, 6.07) is 0. The lowest BCUT2D eigenvalue weighted by Gasteiger charge is -2.48. The van der Waals surface area contributed by atoms with Gasteiger partial charge in [0.1, 0.15) is 12.3 Å². The average Bonchev–Trinajstić information content (AvgIpc) is 2.88.